The highest BCUT2D eigenvalue weighted by Gasteiger charge is 2.52. The molecule has 0 saturated carbocycles. The Bertz CT molecular complexity index is 1870. The number of rotatable bonds is 13. The van der Waals surface area contributed by atoms with Crippen molar-refractivity contribution in [2.24, 2.45) is 0 Å². The minimum Gasteiger partial charge on any atom is -0.508 e. The molecule has 0 bridgehead atoms. The summed E-state index contributed by atoms with van der Waals surface area (Å²) in [5, 5.41) is 144. The number of aliphatic hydroxyl groups excluding tert-OH is 11. The first kappa shape index (κ1) is 44.9. The van der Waals surface area contributed by atoms with Gasteiger partial charge in [-0.3, -0.25) is 9.59 Å². The van der Waals surface area contributed by atoms with Crippen LogP contribution in [0.4, 0.5) is 0 Å². The maximum Gasteiger partial charge on any atom is 0.317 e. The van der Waals surface area contributed by atoms with E-state index in [0.717, 1.165) is 18.2 Å². The van der Waals surface area contributed by atoms with E-state index < -0.39 is 154 Å². The van der Waals surface area contributed by atoms with E-state index in [0.29, 0.717) is 0 Å². The van der Waals surface area contributed by atoms with Crippen LogP contribution in [0.25, 0.3) is 6.08 Å². The van der Waals surface area contributed by atoms with Crippen LogP contribution in [-0.2, 0) is 33.3 Å². The van der Waals surface area contributed by atoms with Crippen LogP contribution in [0.5, 0.6) is 28.7 Å². The number of carbonyl (C=O) groups is 2. The fraction of sp³-hybridized carbons (Fsp3) is 0.556. The molecule has 0 aliphatic carbocycles. The normalized spacial score (nSPS) is 36.6. The fourth-order valence-corrected chi connectivity index (χ4v) is 6.75. The van der Waals surface area contributed by atoms with Gasteiger partial charge >= 0.3 is 11.9 Å². The molecule has 4 aliphatic rings. The summed E-state index contributed by atoms with van der Waals surface area (Å²) in [4.78, 5) is 23.0. The third-order valence-electron chi connectivity index (χ3n) is 10.0. The second-order valence-electron chi connectivity index (χ2n) is 14.2. The first-order valence-electron chi connectivity index (χ1n) is 18.2. The summed E-state index contributed by atoms with van der Waals surface area (Å²) in [6.07, 6.45) is -27.8. The Kier molecular flexibility index (Phi) is 13.9. The Morgan fingerprint density at radius 2 is 1.25 bits per heavy atom. The van der Waals surface area contributed by atoms with Gasteiger partial charge in [0.1, 0.15) is 109 Å². The molecular weight excluding hydrogens is 816 g/mol. The Labute approximate surface area is 337 Å². The van der Waals surface area contributed by atoms with Gasteiger partial charge in [-0.15, -0.1) is 0 Å². The van der Waals surface area contributed by atoms with Crippen LogP contribution in [0, 0.1) is 0 Å². The van der Waals surface area contributed by atoms with E-state index in [1.807, 2.05) is 0 Å². The van der Waals surface area contributed by atoms with E-state index in [4.69, 9.17) is 43.0 Å². The number of aliphatic carboxylic acids is 1. The zero-order valence-electron chi connectivity index (χ0n) is 30.9. The fourth-order valence-electron chi connectivity index (χ4n) is 6.75. The van der Waals surface area contributed by atoms with Gasteiger partial charge in [-0.2, -0.15) is 0 Å². The number of fused-ring (bicyclic) bond motifs is 1. The van der Waals surface area contributed by atoms with Gasteiger partial charge in [-0.1, -0.05) is 6.07 Å². The molecule has 16 atom stereocenters. The SMILES string of the molecule is O=C(O)CC(=O)OC[C@H]1O[C@H](Oc2cc(O)c3c(c2)OC(c2ccc(O[C@H]4O[C@H](CO)[C@H](O)[C@@H](O)[C@H]4O)c(O)c2)C(O)=C3)[C@H](O)[C@@H](O[C@H]2O[C@H](CO)[C@H](O)[C@@H](O)[C@H]2O)[C@H]1O. The standard InChI is InChI=1S/C36H44O24/c37-8-19-24(45)27(48)29(50)34(57-19)56-17-2-1-11(3-15(17)40)32-16(41)6-13-14(39)4-12(5-18(13)55-32)54-36-31(52)33(26(47)21(59-36)10-53-23(44)7-22(42)43)60-35-30(51)28(49)25(46)20(9-38)58-35/h1-6,19-21,24-41,45-52H,7-10H2,(H,42,43)/t19-,20-,21-,24+,25+,26+,27-,28-,29-,30-,31-,32?,33+,34+,35-,36+/m1/s1. The molecular formula is C36H44O24. The quantitative estimate of drug-likeness (QED) is 0.0665. The molecule has 2 aromatic rings. The van der Waals surface area contributed by atoms with Crippen molar-refractivity contribution in [3.8, 4) is 28.7 Å². The van der Waals surface area contributed by atoms with E-state index >= 15 is 0 Å². The summed E-state index contributed by atoms with van der Waals surface area (Å²) in [7, 11) is 0. The molecule has 1 unspecified atom stereocenters. The van der Waals surface area contributed by atoms with E-state index in [9.17, 15) is 76.0 Å². The number of phenols is 2. The Balaban J connectivity index is 1.21. The molecule has 0 amide bonds. The number of carbonyl (C=O) groups excluding carboxylic acids is 1. The lowest BCUT2D eigenvalue weighted by molar-refractivity contribution is -0.353. The molecule has 24 nitrogen and oxygen atoms in total. The molecule has 6 rings (SSSR count). The smallest absolute Gasteiger partial charge is 0.317 e. The second kappa shape index (κ2) is 18.5. The number of phenolic OH excluding ortho intramolecular Hbond substituents is 2. The molecule has 332 valence electrons. The first-order valence-corrected chi connectivity index (χ1v) is 18.2. The van der Waals surface area contributed by atoms with E-state index in [2.05, 4.69) is 0 Å². The maximum atomic E-state index is 12.0. The van der Waals surface area contributed by atoms with Gasteiger partial charge < -0.3 is 109 Å². The van der Waals surface area contributed by atoms with Crippen LogP contribution in [0.15, 0.2) is 36.1 Å². The highest BCUT2D eigenvalue weighted by molar-refractivity contribution is 5.90. The van der Waals surface area contributed by atoms with Gasteiger partial charge in [-0.25, -0.2) is 0 Å². The largest absolute Gasteiger partial charge is 0.508 e. The molecule has 4 heterocycles. The number of aromatic hydroxyl groups is 2. The summed E-state index contributed by atoms with van der Waals surface area (Å²) < 4.78 is 44.1. The summed E-state index contributed by atoms with van der Waals surface area (Å²) in [6, 6.07) is 5.83. The number of benzene rings is 2. The van der Waals surface area contributed by atoms with Crippen LogP contribution < -0.4 is 14.2 Å². The molecule has 0 radical (unpaired) electrons. The van der Waals surface area contributed by atoms with Crippen molar-refractivity contribution in [2.45, 2.75) is 105 Å². The Hall–Kier alpha value is -4.64. The number of aliphatic hydroxyl groups is 11. The molecule has 3 saturated heterocycles. The molecule has 60 heavy (non-hydrogen) atoms. The van der Waals surface area contributed by atoms with Crippen molar-refractivity contribution in [2.75, 3.05) is 19.8 Å². The third kappa shape index (κ3) is 9.31. The molecule has 3 fully saturated rings. The van der Waals surface area contributed by atoms with Crippen LogP contribution in [0.1, 0.15) is 23.7 Å². The minimum absolute atomic E-state index is 0.0597. The zero-order valence-corrected chi connectivity index (χ0v) is 30.9. The number of esters is 1. The number of carboxylic acid groups (broad SMARTS) is 1. The number of hydrogen-bond donors (Lipinski definition) is 14. The monoisotopic (exact) mass is 860 g/mol. The van der Waals surface area contributed by atoms with Crippen LogP contribution in [-0.4, -0.2) is 195 Å². The van der Waals surface area contributed by atoms with Crippen molar-refractivity contribution in [3.05, 3.63) is 47.2 Å². The van der Waals surface area contributed by atoms with Gasteiger partial charge in [0, 0.05) is 17.7 Å². The lowest BCUT2D eigenvalue weighted by atomic mass is 9.97. The van der Waals surface area contributed by atoms with Crippen molar-refractivity contribution >= 4 is 18.0 Å². The van der Waals surface area contributed by atoms with Crippen LogP contribution in [0.3, 0.4) is 0 Å². The van der Waals surface area contributed by atoms with Gasteiger partial charge in [0.15, 0.2) is 23.9 Å². The molecule has 2 aromatic carbocycles. The predicted molar refractivity (Wildman–Crippen MR) is 188 cm³/mol. The van der Waals surface area contributed by atoms with Gasteiger partial charge in [0.05, 0.1) is 18.8 Å². The summed E-state index contributed by atoms with van der Waals surface area (Å²) in [5.41, 5.74) is 0.0443. The highest BCUT2D eigenvalue weighted by Crippen LogP contribution is 2.45. The van der Waals surface area contributed by atoms with Crippen molar-refractivity contribution in [1.29, 1.82) is 0 Å². The second-order valence-corrected chi connectivity index (χ2v) is 14.2. The Morgan fingerprint density at radius 1 is 0.650 bits per heavy atom. The van der Waals surface area contributed by atoms with E-state index in [1.54, 1.807) is 0 Å². The van der Waals surface area contributed by atoms with Crippen LogP contribution in [0.2, 0.25) is 0 Å². The van der Waals surface area contributed by atoms with Gasteiger partial charge in [0.2, 0.25) is 12.6 Å². The van der Waals surface area contributed by atoms with Crippen LogP contribution >= 0.6 is 0 Å². The number of ether oxygens (including phenoxy) is 8. The summed E-state index contributed by atoms with van der Waals surface area (Å²) >= 11 is 0. The van der Waals surface area contributed by atoms with Gasteiger partial charge in [-0.05, 0) is 18.2 Å². The lowest BCUT2D eigenvalue weighted by Gasteiger charge is -2.46. The molecule has 0 spiro atoms. The van der Waals surface area contributed by atoms with Gasteiger partial charge in [0.25, 0.3) is 0 Å². The average Bonchev–Trinajstić information content (AvgIpc) is 3.20. The number of carboxylic acids is 1. The number of hydrogen-bond acceptors (Lipinski definition) is 23. The molecule has 0 aromatic heterocycles. The van der Waals surface area contributed by atoms with Crippen molar-refractivity contribution in [3.63, 3.8) is 0 Å². The molecule has 24 heteroatoms. The topological polar surface area (TPSA) is 391 Å². The van der Waals surface area contributed by atoms with E-state index in [-0.39, 0.29) is 28.4 Å². The maximum absolute atomic E-state index is 12.0. The third-order valence-corrected chi connectivity index (χ3v) is 10.0. The average molecular weight is 861 g/mol. The van der Waals surface area contributed by atoms with Crippen molar-refractivity contribution in [1.82, 2.24) is 0 Å². The minimum atomic E-state index is -2.03. The predicted octanol–water partition coefficient (Wildman–Crippen LogP) is -4.66. The summed E-state index contributed by atoms with van der Waals surface area (Å²) in [6.45, 7) is -2.41. The lowest BCUT2D eigenvalue weighted by Crippen LogP contribution is -2.65. The molecule has 14 N–H and O–H groups in total. The van der Waals surface area contributed by atoms with Crippen molar-refractivity contribution < 1.29 is 119 Å². The summed E-state index contributed by atoms with van der Waals surface area (Å²) in [5.74, 6) is -5.05. The van der Waals surface area contributed by atoms with E-state index in [1.165, 1.54) is 18.2 Å². The zero-order chi connectivity index (χ0) is 43.7. The Morgan fingerprint density at radius 3 is 1.87 bits per heavy atom. The highest BCUT2D eigenvalue weighted by atomic mass is 16.7. The first-order chi connectivity index (χ1) is 28.4. The molecule has 4 aliphatic heterocycles.